The topological polar surface area (TPSA) is 81.5 Å². The monoisotopic (exact) mass is 368 g/mol. The number of rotatable bonds is 5. The number of nitro benzene ring substituents is 1. The highest BCUT2D eigenvalue weighted by Gasteiger charge is 2.39. The van der Waals surface area contributed by atoms with Crippen LogP contribution in [0, 0.1) is 17.0 Å². The number of nitrogens with zero attached hydrogens (tertiary/aromatic N) is 1. The molecule has 0 bridgehead atoms. The van der Waals surface area contributed by atoms with Crippen LogP contribution in [0.15, 0.2) is 42.5 Å². The van der Waals surface area contributed by atoms with Crippen LogP contribution in [0.25, 0.3) is 0 Å². The van der Waals surface area contributed by atoms with Crippen molar-refractivity contribution in [3.8, 4) is 5.75 Å². The van der Waals surface area contributed by atoms with Gasteiger partial charge >= 0.3 is 0 Å². The molecule has 2 aromatic rings. The summed E-state index contributed by atoms with van der Waals surface area (Å²) in [4.78, 5) is 23.5. The lowest BCUT2D eigenvalue weighted by molar-refractivity contribution is -0.385. The first-order valence-corrected chi connectivity index (χ1v) is 9.23. The van der Waals surface area contributed by atoms with E-state index in [9.17, 15) is 14.9 Å². The molecule has 3 rings (SSSR count). The quantitative estimate of drug-likeness (QED) is 0.612. The maximum atomic E-state index is 12.8. The molecule has 27 heavy (non-hydrogen) atoms. The van der Waals surface area contributed by atoms with Crippen molar-refractivity contribution in [2.24, 2.45) is 0 Å². The molecule has 1 atom stereocenters. The van der Waals surface area contributed by atoms with Gasteiger partial charge in [-0.25, -0.2) is 0 Å². The Hall–Kier alpha value is -2.89. The zero-order valence-corrected chi connectivity index (χ0v) is 15.8. The lowest BCUT2D eigenvalue weighted by atomic mass is 9.83. The minimum atomic E-state index is -0.463. The Labute approximate surface area is 158 Å². The predicted octanol–water partition coefficient (Wildman–Crippen LogP) is 4.72. The number of hydrogen-bond donors (Lipinski definition) is 1. The third kappa shape index (κ3) is 3.65. The van der Waals surface area contributed by atoms with E-state index in [2.05, 4.69) is 19.2 Å². The van der Waals surface area contributed by atoms with Gasteiger partial charge in [-0.2, -0.15) is 0 Å². The molecular weight excluding hydrogens is 344 g/mol. The van der Waals surface area contributed by atoms with Crippen molar-refractivity contribution in [1.29, 1.82) is 0 Å². The Kier molecular flexibility index (Phi) is 5.17. The second kappa shape index (κ2) is 7.39. The zero-order valence-electron chi connectivity index (χ0n) is 15.8. The predicted molar refractivity (Wildman–Crippen MR) is 103 cm³/mol. The van der Waals surface area contributed by atoms with Crippen molar-refractivity contribution in [1.82, 2.24) is 5.32 Å². The minimum absolute atomic E-state index is 0.0495. The highest BCUT2D eigenvalue weighted by Crippen LogP contribution is 2.42. The Bertz CT molecular complexity index is 874. The van der Waals surface area contributed by atoms with E-state index in [1.165, 1.54) is 6.07 Å². The standard InChI is InChI=1S/C21H24N2O4/c1-4-21(5-2)13-17(16-8-6-7-9-19(16)27-21)22-20(24)15-11-10-14(3)18(12-15)23(25)26/h6-12,17H,4-5,13H2,1-3H3,(H,22,24)/t17-/m0/s1. The molecule has 0 radical (unpaired) electrons. The molecule has 1 amide bonds. The van der Waals surface area contributed by atoms with Gasteiger partial charge in [-0.05, 0) is 31.9 Å². The van der Waals surface area contributed by atoms with E-state index in [1.54, 1.807) is 19.1 Å². The number of ether oxygens (including phenoxy) is 1. The lowest BCUT2D eigenvalue weighted by Crippen LogP contribution is -2.44. The van der Waals surface area contributed by atoms with Gasteiger partial charge in [0.25, 0.3) is 11.6 Å². The Morgan fingerprint density at radius 1 is 1.26 bits per heavy atom. The van der Waals surface area contributed by atoms with Gasteiger partial charge in [0.15, 0.2) is 0 Å². The molecular formula is C21H24N2O4. The summed E-state index contributed by atoms with van der Waals surface area (Å²) in [6.07, 6.45) is 2.33. The maximum Gasteiger partial charge on any atom is 0.273 e. The smallest absolute Gasteiger partial charge is 0.273 e. The second-order valence-electron chi connectivity index (χ2n) is 7.02. The van der Waals surface area contributed by atoms with Gasteiger partial charge in [0.1, 0.15) is 11.4 Å². The van der Waals surface area contributed by atoms with Gasteiger partial charge in [0.05, 0.1) is 11.0 Å². The van der Waals surface area contributed by atoms with Crippen LogP contribution in [0.4, 0.5) is 5.69 Å². The van der Waals surface area contributed by atoms with Crippen LogP contribution in [0.2, 0.25) is 0 Å². The molecule has 0 saturated heterocycles. The highest BCUT2D eigenvalue weighted by molar-refractivity contribution is 5.95. The van der Waals surface area contributed by atoms with E-state index in [4.69, 9.17) is 4.74 Å². The summed E-state index contributed by atoms with van der Waals surface area (Å²) >= 11 is 0. The fourth-order valence-electron chi connectivity index (χ4n) is 3.62. The summed E-state index contributed by atoms with van der Waals surface area (Å²) < 4.78 is 6.26. The van der Waals surface area contributed by atoms with E-state index >= 15 is 0 Å². The maximum absolute atomic E-state index is 12.8. The first kappa shape index (κ1) is 18.9. The first-order valence-electron chi connectivity index (χ1n) is 9.23. The summed E-state index contributed by atoms with van der Waals surface area (Å²) in [5, 5.41) is 14.2. The van der Waals surface area contributed by atoms with Crippen LogP contribution in [-0.4, -0.2) is 16.4 Å². The fourth-order valence-corrected chi connectivity index (χ4v) is 3.62. The molecule has 1 aliphatic heterocycles. The molecule has 142 valence electrons. The van der Waals surface area contributed by atoms with E-state index in [0.717, 1.165) is 24.2 Å². The van der Waals surface area contributed by atoms with Crippen LogP contribution in [-0.2, 0) is 0 Å². The van der Waals surface area contributed by atoms with Crippen LogP contribution in [0.1, 0.15) is 60.6 Å². The third-order valence-electron chi connectivity index (χ3n) is 5.46. The van der Waals surface area contributed by atoms with Gasteiger partial charge < -0.3 is 10.1 Å². The molecule has 0 saturated carbocycles. The lowest BCUT2D eigenvalue weighted by Gasteiger charge is -2.41. The Morgan fingerprint density at radius 3 is 2.63 bits per heavy atom. The number of nitrogens with one attached hydrogen (secondary N) is 1. The molecule has 1 heterocycles. The molecule has 0 aromatic heterocycles. The van der Waals surface area contributed by atoms with Crippen molar-refractivity contribution in [2.75, 3.05) is 0 Å². The zero-order chi connectivity index (χ0) is 19.6. The fraction of sp³-hybridized carbons (Fsp3) is 0.381. The molecule has 1 aliphatic rings. The number of carbonyl (C=O) groups excluding carboxylic acids is 1. The Balaban J connectivity index is 1.91. The minimum Gasteiger partial charge on any atom is -0.487 e. The van der Waals surface area contributed by atoms with E-state index in [-0.39, 0.29) is 28.8 Å². The molecule has 0 aliphatic carbocycles. The molecule has 0 spiro atoms. The van der Waals surface area contributed by atoms with Crippen LogP contribution in [0.3, 0.4) is 0 Å². The van der Waals surface area contributed by atoms with Crippen LogP contribution < -0.4 is 10.1 Å². The van der Waals surface area contributed by atoms with Crippen molar-refractivity contribution in [2.45, 2.75) is 51.7 Å². The highest BCUT2D eigenvalue weighted by atomic mass is 16.6. The molecule has 2 aromatic carbocycles. The number of fused-ring (bicyclic) bond motifs is 1. The van der Waals surface area contributed by atoms with E-state index in [1.807, 2.05) is 24.3 Å². The number of benzene rings is 2. The summed E-state index contributed by atoms with van der Waals surface area (Å²) in [5.41, 5.74) is 1.38. The summed E-state index contributed by atoms with van der Waals surface area (Å²) in [5.74, 6) is 0.466. The number of nitro groups is 1. The van der Waals surface area contributed by atoms with Gasteiger partial charge in [-0.3, -0.25) is 14.9 Å². The van der Waals surface area contributed by atoms with Crippen LogP contribution >= 0.6 is 0 Å². The number of amides is 1. The van der Waals surface area contributed by atoms with Crippen molar-refractivity contribution in [3.05, 3.63) is 69.3 Å². The third-order valence-corrected chi connectivity index (χ3v) is 5.46. The van der Waals surface area contributed by atoms with E-state index < -0.39 is 4.92 Å². The first-order chi connectivity index (χ1) is 12.9. The Morgan fingerprint density at radius 2 is 1.96 bits per heavy atom. The number of carbonyl (C=O) groups is 1. The average Bonchev–Trinajstić information content (AvgIpc) is 2.67. The SMILES string of the molecule is CCC1(CC)C[C@H](NC(=O)c2ccc(C)c([N+](=O)[O-])c2)c2ccccc2O1. The molecule has 0 unspecified atom stereocenters. The molecule has 6 nitrogen and oxygen atoms in total. The molecule has 0 fully saturated rings. The summed E-state index contributed by atoms with van der Waals surface area (Å²) in [6, 6.07) is 12.1. The summed E-state index contributed by atoms with van der Waals surface area (Å²) in [6.45, 7) is 5.82. The van der Waals surface area contributed by atoms with Crippen molar-refractivity contribution in [3.63, 3.8) is 0 Å². The van der Waals surface area contributed by atoms with E-state index in [0.29, 0.717) is 12.0 Å². The average molecular weight is 368 g/mol. The van der Waals surface area contributed by atoms with Gasteiger partial charge in [-0.1, -0.05) is 38.1 Å². The van der Waals surface area contributed by atoms with Crippen molar-refractivity contribution >= 4 is 11.6 Å². The van der Waals surface area contributed by atoms with Crippen molar-refractivity contribution < 1.29 is 14.5 Å². The number of para-hydroxylation sites is 1. The second-order valence-corrected chi connectivity index (χ2v) is 7.02. The molecule has 1 N–H and O–H groups in total. The molecule has 6 heteroatoms. The number of aryl methyl sites for hydroxylation is 1. The van der Waals surface area contributed by atoms with Crippen LogP contribution in [0.5, 0.6) is 5.75 Å². The van der Waals surface area contributed by atoms with Gasteiger partial charge in [-0.15, -0.1) is 0 Å². The largest absolute Gasteiger partial charge is 0.487 e. The summed E-state index contributed by atoms with van der Waals surface area (Å²) in [7, 11) is 0. The van der Waals surface area contributed by atoms with Gasteiger partial charge in [0.2, 0.25) is 0 Å². The van der Waals surface area contributed by atoms with Gasteiger partial charge in [0, 0.05) is 29.2 Å². The normalized spacial score (nSPS) is 17.5. The number of hydrogen-bond acceptors (Lipinski definition) is 4.